The predicted molar refractivity (Wildman–Crippen MR) is 127 cm³/mol. The molecule has 1 heterocycles. The highest BCUT2D eigenvalue weighted by molar-refractivity contribution is 7.10. The Labute approximate surface area is 184 Å². The average Bonchev–Trinajstić information content (AvgIpc) is 3.29. The lowest BCUT2D eigenvalue weighted by Gasteiger charge is -2.22. The molecule has 0 aliphatic rings. The number of amides is 1. The van der Waals surface area contributed by atoms with E-state index >= 15 is 0 Å². The smallest absolute Gasteiger partial charge is 0.236 e. The second kappa shape index (κ2) is 10.4. The van der Waals surface area contributed by atoms with Crippen LogP contribution in [0.5, 0.6) is 0 Å². The zero-order valence-electron chi connectivity index (χ0n) is 18.3. The van der Waals surface area contributed by atoms with Crippen molar-refractivity contribution in [2.24, 2.45) is 0 Å². The third kappa shape index (κ3) is 5.71. The molecular weight excluding hydrogens is 390 g/mol. The minimum absolute atomic E-state index is 0.0210. The molecule has 0 unspecified atom stereocenters. The number of likely N-dealkylation sites (N-methyl/N-ethyl adjacent to an activating group) is 1. The van der Waals surface area contributed by atoms with E-state index in [-0.39, 0.29) is 11.9 Å². The molecule has 1 aromatic heterocycles. The fourth-order valence-corrected chi connectivity index (χ4v) is 4.20. The molecule has 3 aromatic rings. The van der Waals surface area contributed by atoms with Crippen molar-refractivity contribution >= 4 is 22.9 Å². The van der Waals surface area contributed by atoms with Crippen molar-refractivity contribution in [3.05, 3.63) is 87.6 Å². The van der Waals surface area contributed by atoms with E-state index in [0.29, 0.717) is 13.1 Å². The summed E-state index contributed by atoms with van der Waals surface area (Å²) < 4.78 is 0. The second-order valence-electron chi connectivity index (χ2n) is 7.74. The van der Waals surface area contributed by atoms with Crippen LogP contribution in [-0.2, 0) is 17.8 Å². The van der Waals surface area contributed by atoms with E-state index < -0.39 is 0 Å². The maximum Gasteiger partial charge on any atom is 0.236 e. The Balaban J connectivity index is 1.63. The van der Waals surface area contributed by atoms with Gasteiger partial charge < -0.3 is 9.80 Å². The van der Waals surface area contributed by atoms with E-state index in [1.165, 1.54) is 16.0 Å². The molecule has 2 aromatic carbocycles. The van der Waals surface area contributed by atoms with Crippen LogP contribution >= 0.6 is 11.3 Å². The fraction of sp³-hybridized carbons (Fsp3) is 0.320. The van der Waals surface area contributed by atoms with E-state index in [1.54, 1.807) is 16.2 Å². The van der Waals surface area contributed by atoms with Crippen molar-refractivity contribution in [2.45, 2.75) is 25.9 Å². The summed E-state index contributed by atoms with van der Waals surface area (Å²) in [4.78, 5) is 17.9. The lowest BCUT2D eigenvalue weighted by Crippen LogP contribution is -2.37. The van der Waals surface area contributed by atoms with Gasteiger partial charge in [-0.15, -0.1) is 11.3 Å². The number of benzene rings is 2. The first-order valence-electron chi connectivity index (χ1n) is 10.3. The summed E-state index contributed by atoms with van der Waals surface area (Å²) in [6.07, 6.45) is 1.02. The Morgan fingerprint density at radius 1 is 0.967 bits per heavy atom. The average molecular weight is 422 g/mol. The Morgan fingerprint density at radius 3 is 2.20 bits per heavy atom. The predicted octanol–water partition coefficient (Wildman–Crippen LogP) is 4.71. The SMILES string of the molecule is CCc1ccc([C@@H](NCC(=O)N(C)Cc2ccc(N(C)C)cc2)c2cccs2)cc1. The van der Waals surface area contributed by atoms with Gasteiger partial charge in [0.1, 0.15) is 0 Å². The van der Waals surface area contributed by atoms with Gasteiger partial charge in [0.15, 0.2) is 0 Å². The largest absolute Gasteiger partial charge is 0.378 e. The minimum Gasteiger partial charge on any atom is -0.378 e. The number of thiophene rings is 1. The van der Waals surface area contributed by atoms with Crippen molar-refractivity contribution in [1.29, 1.82) is 0 Å². The number of aryl methyl sites for hydroxylation is 1. The second-order valence-corrected chi connectivity index (χ2v) is 8.71. The number of hydrogen-bond donors (Lipinski definition) is 1. The molecule has 0 radical (unpaired) electrons. The van der Waals surface area contributed by atoms with Crippen LogP contribution in [0.2, 0.25) is 0 Å². The van der Waals surface area contributed by atoms with Gasteiger partial charge in [0, 0.05) is 38.3 Å². The summed E-state index contributed by atoms with van der Waals surface area (Å²) in [6, 6.07) is 21.2. The number of carbonyl (C=O) groups is 1. The molecule has 1 amide bonds. The zero-order valence-corrected chi connectivity index (χ0v) is 19.1. The van der Waals surface area contributed by atoms with Gasteiger partial charge in [-0.1, -0.05) is 49.4 Å². The fourth-order valence-electron chi connectivity index (χ4n) is 3.37. The van der Waals surface area contributed by atoms with Gasteiger partial charge in [0.2, 0.25) is 5.91 Å². The van der Waals surface area contributed by atoms with Crippen LogP contribution in [0.4, 0.5) is 5.69 Å². The first-order valence-corrected chi connectivity index (χ1v) is 11.2. The number of carbonyl (C=O) groups excluding carboxylic acids is 1. The molecule has 5 heteroatoms. The van der Waals surface area contributed by atoms with Gasteiger partial charge in [0.05, 0.1) is 12.6 Å². The minimum atomic E-state index is 0.0210. The van der Waals surface area contributed by atoms with Gasteiger partial charge in [-0.25, -0.2) is 0 Å². The summed E-state index contributed by atoms with van der Waals surface area (Å²) in [5.74, 6) is 0.0819. The Bertz CT molecular complexity index is 918. The number of rotatable bonds is 9. The molecular formula is C25H31N3OS. The third-order valence-corrected chi connectivity index (χ3v) is 6.24. The van der Waals surface area contributed by atoms with Crippen LogP contribution in [0.3, 0.4) is 0 Å². The Kier molecular flexibility index (Phi) is 7.66. The highest BCUT2D eigenvalue weighted by Gasteiger charge is 2.18. The quantitative estimate of drug-likeness (QED) is 0.543. The normalized spacial score (nSPS) is 11.9. The van der Waals surface area contributed by atoms with Crippen LogP contribution in [0.25, 0.3) is 0 Å². The summed E-state index contributed by atoms with van der Waals surface area (Å²) >= 11 is 1.71. The topological polar surface area (TPSA) is 35.6 Å². The van der Waals surface area contributed by atoms with Crippen molar-refractivity contribution in [3.8, 4) is 0 Å². The van der Waals surface area contributed by atoms with E-state index in [4.69, 9.17) is 0 Å². The lowest BCUT2D eigenvalue weighted by molar-refractivity contribution is -0.129. The van der Waals surface area contributed by atoms with Crippen LogP contribution in [0.15, 0.2) is 66.0 Å². The standard InChI is InChI=1S/C25H31N3OS/c1-5-19-8-12-21(13-9-19)25(23-7-6-16-30-23)26-17-24(29)28(4)18-20-10-14-22(15-11-20)27(2)3/h6-16,25-26H,5,17-18H2,1-4H3/t25-/m1/s1. The molecule has 1 atom stereocenters. The Morgan fingerprint density at radius 2 is 1.63 bits per heavy atom. The van der Waals surface area contributed by atoms with Crippen molar-refractivity contribution < 1.29 is 4.79 Å². The van der Waals surface area contributed by atoms with E-state index in [0.717, 1.165) is 17.7 Å². The summed E-state index contributed by atoms with van der Waals surface area (Å²) in [7, 11) is 5.91. The lowest BCUT2D eigenvalue weighted by atomic mass is 10.0. The highest BCUT2D eigenvalue weighted by atomic mass is 32.1. The molecule has 0 fully saturated rings. The van der Waals surface area contributed by atoms with Gasteiger partial charge in [-0.05, 0) is 46.7 Å². The van der Waals surface area contributed by atoms with Crippen molar-refractivity contribution in [3.63, 3.8) is 0 Å². The molecule has 0 bridgehead atoms. The first-order chi connectivity index (χ1) is 14.5. The van der Waals surface area contributed by atoms with Crippen molar-refractivity contribution in [1.82, 2.24) is 10.2 Å². The summed E-state index contributed by atoms with van der Waals surface area (Å²) in [5, 5.41) is 5.56. The zero-order chi connectivity index (χ0) is 21.5. The van der Waals surface area contributed by atoms with Crippen LogP contribution in [-0.4, -0.2) is 38.5 Å². The number of nitrogens with zero attached hydrogens (tertiary/aromatic N) is 2. The Hall–Kier alpha value is -2.63. The van der Waals surface area contributed by atoms with Crippen LogP contribution < -0.4 is 10.2 Å². The molecule has 3 rings (SSSR count). The molecule has 0 saturated heterocycles. The van der Waals surface area contributed by atoms with Gasteiger partial charge >= 0.3 is 0 Å². The van der Waals surface area contributed by atoms with Gasteiger partial charge in [-0.2, -0.15) is 0 Å². The maximum atomic E-state index is 12.8. The molecule has 0 aliphatic carbocycles. The molecule has 0 spiro atoms. The van der Waals surface area contributed by atoms with Crippen LogP contribution in [0.1, 0.15) is 34.5 Å². The molecule has 4 nitrogen and oxygen atoms in total. The molecule has 1 N–H and O–H groups in total. The highest BCUT2D eigenvalue weighted by Crippen LogP contribution is 2.26. The van der Waals surface area contributed by atoms with Crippen molar-refractivity contribution in [2.75, 3.05) is 32.6 Å². The first kappa shape index (κ1) is 22.1. The molecule has 158 valence electrons. The van der Waals surface area contributed by atoms with E-state index in [9.17, 15) is 4.79 Å². The monoisotopic (exact) mass is 421 g/mol. The van der Waals surface area contributed by atoms with Crippen LogP contribution in [0, 0.1) is 0 Å². The molecule has 0 aliphatic heterocycles. The summed E-state index contributed by atoms with van der Waals surface area (Å²) in [5.41, 5.74) is 4.79. The van der Waals surface area contributed by atoms with E-state index in [1.807, 2.05) is 21.1 Å². The van der Waals surface area contributed by atoms with E-state index in [2.05, 4.69) is 83.2 Å². The third-order valence-electron chi connectivity index (χ3n) is 5.30. The van der Waals surface area contributed by atoms with Gasteiger partial charge in [-0.3, -0.25) is 10.1 Å². The number of nitrogens with one attached hydrogen (secondary N) is 1. The number of anilines is 1. The summed E-state index contributed by atoms with van der Waals surface area (Å²) in [6.45, 7) is 3.06. The van der Waals surface area contributed by atoms with Gasteiger partial charge in [0.25, 0.3) is 0 Å². The molecule has 0 saturated carbocycles. The molecule has 30 heavy (non-hydrogen) atoms. The maximum absolute atomic E-state index is 12.8. The number of hydrogen-bond acceptors (Lipinski definition) is 4.